The van der Waals surface area contributed by atoms with Gasteiger partial charge >= 0.3 is 0 Å². The summed E-state index contributed by atoms with van der Waals surface area (Å²) in [5, 5.41) is 12.2. The number of aromatic nitrogens is 3. The highest BCUT2D eigenvalue weighted by Crippen LogP contribution is 2.21. The number of pyridine rings is 1. The Bertz CT molecular complexity index is 1170. The van der Waals surface area contributed by atoms with Gasteiger partial charge < -0.3 is 24.3 Å². The summed E-state index contributed by atoms with van der Waals surface area (Å²) in [5.41, 5.74) is 3.34. The molecule has 2 aromatic heterocycles. The van der Waals surface area contributed by atoms with E-state index >= 15 is 0 Å². The van der Waals surface area contributed by atoms with Crippen LogP contribution in [0.1, 0.15) is 40.3 Å². The number of imidazole rings is 1. The Labute approximate surface area is 174 Å². The molecule has 1 fully saturated rings. The minimum atomic E-state index is -0.448. The highest BCUT2D eigenvalue weighted by Gasteiger charge is 2.22. The Balaban J connectivity index is 1.64. The van der Waals surface area contributed by atoms with Gasteiger partial charge in [-0.15, -0.1) is 0 Å². The summed E-state index contributed by atoms with van der Waals surface area (Å²) in [4.78, 5) is 30.5. The van der Waals surface area contributed by atoms with Crippen LogP contribution < -0.4 is 10.9 Å². The Morgan fingerprint density at radius 2 is 2.13 bits per heavy atom. The first kappa shape index (κ1) is 20.3. The molecule has 0 unspecified atom stereocenters. The number of anilines is 1. The average molecular weight is 410 g/mol. The quantitative estimate of drug-likeness (QED) is 0.672. The maximum atomic E-state index is 13.1. The fraction of sp³-hybridized carbons (Fsp3) is 0.409. The Morgan fingerprint density at radius 1 is 1.33 bits per heavy atom. The zero-order chi connectivity index (χ0) is 21.4. The number of aryl methyl sites for hydroxylation is 3. The number of hydrogen-bond donors (Lipinski definition) is 2. The maximum absolute atomic E-state index is 13.1. The largest absolute Gasteiger partial charge is 0.388 e. The number of fused-ring (bicyclic) bond motifs is 1. The summed E-state index contributed by atoms with van der Waals surface area (Å²) >= 11 is 0. The molecule has 1 aromatic carbocycles. The average Bonchev–Trinajstić information content (AvgIpc) is 3.32. The fourth-order valence-electron chi connectivity index (χ4n) is 4.08. The fourth-order valence-corrected chi connectivity index (χ4v) is 4.08. The molecule has 1 atom stereocenters. The third-order valence-corrected chi connectivity index (χ3v) is 5.71. The molecule has 8 nitrogen and oxygen atoms in total. The molecule has 1 amide bonds. The molecular formula is C22H26N4O4. The van der Waals surface area contributed by atoms with Crippen molar-refractivity contribution in [3.63, 3.8) is 0 Å². The van der Waals surface area contributed by atoms with Crippen LogP contribution in [-0.2, 0) is 24.9 Å². The maximum Gasteiger partial charge on any atom is 0.263 e. The van der Waals surface area contributed by atoms with Gasteiger partial charge in [0.15, 0.2) is 0 Å². The van der Waals surface area contributed by atoms with Crippen LogP contribution in [0.3, 0.4) is 0 Å². The van der Waals surface area contributed by atoms with Crippen molar-refractivity contribution in [2.24, 2.45) is 7.05 Å². The number of nitrogens with one attached hydrogen (secondary N) is 1. The zero-order valence-electron chi connectivity index (χ0n) is 17.4. The van der Waals surface area contributed by atoms with Crippen molar-refractivity contribution in [2.75, 3.05) is 11.9 Å². The number of rotatable bonds is 5. The molecule has 0 spiro atoms. The minimum absolute atomic E-state index is 0.00676. The normalized spacial score (nSPS) is 16.3. The van der Waals surface area contributed by atoms with Crippen LogP contribution in [-0.4, -0.2) is 37.8 Å². The van der Waals surface area contributed by atoms with Crippen molar-refractivity contribution in [1.82, 2.24) is 14.1 Å². The molecule has 30 heavy (non-hydrogen) atoms. The smallest absolute Gasteiger partial charge is 0.263 e. The van der Waals surface area contributed by atoms with Crippen LogP contribution in [0.25, 0.3) is 11.0 Å². The Hall–Kier alpha value is -2.97. The van der Waals surface area contributed by atoms with Gasteiger partial charge in [-0.1, -0.05) is 0 Å². The summed E-state index contributed by atoms with van der Waals surface area (Å²) in [6, 6.07) is 7.19. The molecule has 4 rings (SSSR count). The van der Waals surface area contributed by atoms with Crippen molar-refractivity contribution < 1.29 is 14.6 Å². The molecule has 0 aliphatic carbocycles. The van der Waals surface area contributed by atoms with Crippen LogP contribution in [0, 0.1) is 13.8 Å². The van der Waals surface area contributed by atoms with Gasteiger partial charge in [-0.3, -0.25) is 9.59 Å². The van der Waals surface area contributed by atoms with Crippen LogP contribution in [0.15, 0.2) is 29.1 Å². The first-order valence-electron chi connectivity index (χ1n) is 10.1. The number of carbonyl (C=O) groups is 1. The minimum Gasteiger partial charge on any atom is -0.388 e. The molecule has 1 saturated heterocycles. The molecule has 3 heterocycles. The molecule has 8 heteroatoms. The van der Waals surface area contributed by atoms with E-state index in [0.717, 1.165) is 24.1 Å². The van der Waals surface area contributed by atoms with E-state index in [2.05, 4.69) is 10.3 Å². The molecule has 2 N–H and O–H groups in total. The third-order valence-electron chi connectivity index (χ3n) is 5.71. The molecule has 1 aliphatic heterocycles. The summed E-state index contributed by atoms with van der Waals surface area (Å²) < 4.78 is 9.10. The number of amides is 1. The predicted octanol–water partition coefficient (Wildman–Crippen LogP) is 2.28. The summed E-state index contributed by atoms with van der Waals surface area (Å²) in [5.74, 6) is 0.0936. The zero-order valence-corrected chi connectivity index (χ0v) is 17.4. The SMILES string of the molecule is Cc1cc(C)n(C[C@H]2CCCO2)c(=O)c1C(=O)Nc1ccc2c(c1)nc(CO)n2C. The van der Waals surface area contributed by atoms with Gasteiger partial charge in [0.25, 0.3) is 11.5 Å². The molecule has 0 bridgehead atoms. The van der Waals surface area contributed by atoms with Gasteiger partial charge in [-0.2, -0.15) is 0 Å². The second-order valence-electron chi connectivity index (χ2n) is 7.80. The summed E-state index contributed by atoms with van der Waals surface area (Å²) in [6.07, 6.45) is 1.92. The number of hydrogen-bond acceptors (Lipinski definition) is 5. The number of carbonyl (C=O) groups excluding carboxylic acids is 1. The van der Waals surface area contributed by atoms with Crippen LogP contribution in [0.5, 0.6) is 0 Å². The highest BCUT2D eigenvalue weighted by atomic mass is 16.5. The number of nitrogens with zero attached hydrogens (tertiary/aromatic N) is 3. The highest BCUT2D eigenvalue weighted by molar-refractivity contribution is 6.05. The standard InChI is InChI=1S/C22H26N4O4/c1-13-9-14(2)26(11-16-5-4-8-30-16)22(29)20(13)21(28)23-15-6-7-18-17(10-15)24-19(12-27)25(18)3/h6-7,9-10,16,27H,4-5,8,11-12H2,1-3H3,(H,23,28)/t16-/m1/s1. The second-order valence-corrected chi connectivity index (χ2v) is 7.80. The Kier molecular flexibility index (Phi) is 5.44. The molecule has 158 valence electrons. The van der Waals surface area contributed by atoms with Gasteiger partial charge in [-0.25, -0.2) is 4.98 Å². The predicted molar refractivity (Wildman–Crippen MR) is 114 cm³/mol. The van der Waals surface area contributed by atoms with Crippen molar-refractivity contribution in [2.45, 2.75) is 45.9 Å². The van der Waals surface area contributed by atoms with Crippen LogP contribution in [0.4, 0.5) is 5.69 Å². The van der Waals surface area contributed by atoms with E-state index in [0.29, 0.717) is 35.7 Å². The Morgan fingerprint density at radius 3 is 2.83 bits per heavy atom. The van der Waals surface area contributed by atoms with Gasteiger partial charge in [0.1, 0.15) is 18.0 Å². The summed E-state index contributed by atoms with van der Waals surface area (Å²) in [7, 11) is 1.82. The van der Waals surface area contributed by atoms with Crippen molar-refractivity contribution in [1.29, 1.82) is 0 Å². The second kappa shape index (κ2) is 8.04. The van der Waals surface area contributed by atoms with Gasteiger partial charge in [0, 0.05) is 25.0 Å². The van der Waals surface area contributed by atoms with E-state index in [1.165, 1.54) is 0 Å². The van der Waals surface area contributed by atoms with E-state index in [4.69, 9.17) is 4.74 Å². The van der Waals surface area contributed by atoms with Crippen molar-refractivity contribution >= 4 is 22.6 Å². The van der Waals surface area contributed by atoms with E-state index in [9.17, 15) is 14.7 Å². The van der Waals surface area contributed by atoms with E-state index in [-0.39, 0.29) is 23.8 Å². The van der Waals surface area contributed by atoms with Crippen LogP contribution in [0.2, 0.25) is 0 Å². The lowest BCUT2D eigenvalue weighted by Crippen LogP contribution is -2.34. The van der Waals surface area contributed by atoms with E-state index < -0.39 is 5.91 Å². The molecule has 0 radical (unpaired) electrons. The number of benzene rings is 1. The van der Waals surface area contributed by atoms with Crippen LogP contribution >= 0.6 is 0 Å². The first-order valence-corrected chi connectivity index (χ1v) is 10.1. The lowest BCUT2D eigenvalue weighted by Gasteiger charge is -2.17. The first-order chi connectivity index (χ1) is 14.4. The van der Waals surface area contributed by atoms with Crippen molar-refractivity contribution in [3.05, 3.63) is 57.3 Å². The molecule has 3 aromatic rings. The topological polar surface area (TPSA) is 98.4 Å². The van der Waals surface area contributed by atoms with Crippen molar-refractivity contribution in [3.8, 4) is 0 Å². The summed E-state index contributed by atoms with van der Waals surface area (Å²) in [6.45, 7) is 4.65. The van der Waals surface area contributed by atoms with Gasteiger partial charge in [0.05, 0.1) is 23.7 Å². The third kappa shape index (κ3) is 3.64. The molecule has 0 saturated carbocycles. The number of aliphatic hydroxyl groups excluding tert-OH is 1. The van der Waals surface area contributed by atoms with Gasteiger partial charge in [0.2, 0.25) is 0 Å². The lowest BCUT2D eigenvalue weighted by molar-refractivity contribution is 0.0947. The van der Waals surface area contributed by atoms with Gasteiger partial charge in [-0.05, 0) is 56.5 Å². The number of aliphatic hydroxyl groups is 1. The monoisotopic (exact) mass is 410 g/mol. The molecule has 1 aliphatic rings. The lowest BCUT2D eigenvalue weighted by atomic mass is 10.1. The molecular weight excluding hydrogens is 384 g/mol. The number of ether oxygens (including phenoxy) is 1. The van der Waals surface area contributed by atoms with E-state index in [1.54, 1.807) is 28.2 Å². The van der Waals surface area contributed by atoms with E-state index in [1.807, 2.05) is 26.1 Å².